The number of ether oxygens (including phenoxy) is 1. The summed E-state index contributed by atoms with van der Waals surface area (Å²) in [7, 11) is 1.15. The van der Waals surface area contributed by atoms with Gasteiger partial charge < -0.3 is 9.84 Å². The fourth-order valence-electron chi connectivity index (χ4n) is 1.63. The second kappa shape index (κ2) is 5.10. The van der Waals surface area contributed by atoms with Crippen LogP contribution in [0.5, 0.6) is 0 Å². The molecule has 0 fully saturated rings. The van der Waals surface area contributed by atoms with Crippen LogP contribution in [-0.4, -0.2) is 29.6 Å². The van der Waals surface area contributed by atoms with Gasteiger partial charge in [-0.1, -0.05) is 29.8 Å². The van der Waals surface area contributed by atoms with Crippen LogP contribution < -0.4 is 0 Å². The van der Waals surface area contributed by atoms with Gasteiger partial charge in [-0.15, -0.1) is 0 Å². The van der Waals surface area contributed by atoms with Gasteiger partial charge in [-0.05, 0) is 19.4 Å². The molecule has 0 aliphatic rings. The van der Waals surface area contributed by atoms with E-state index in [0.717, 1.165) is 12.7 Å². The molecule has 0 saturated carbocycles. The third-order valence-electron chi connectivity index (χ3n) is 2.65. The first-order valence-corrected chi connectivity index (χ1v) is 5.27. The zero-order valence-electron chi connectivity index (χ0n) is 10.2. The molecule has 0 radical (unpaired) electrons. The lowest BCUT2D eigenvalue weighted by molar-refractivity contribution is -0.167. The molecule has 0 spiro atoms. The second-order valence-corrected chi connectivity index (χ2v) is 4.07. The van der Waals surface area contributed by atoms with Crippen molar-refractivity contribution < 1.29 is 19.4 Å². The molecule has 92 valence electrons. The Hall–Kier alpha value is -1.68. The fraction of sp³-hybridized carbons (Fsp3) is 0.385. The molecule has 0 saturated heterocycles. The Morgan fingerprint density at radius 1 is 1.41 bits per heavy atom. The summed E-state index contributed by atoms with van der Waals surface area (Å²) < 4.78 is 4.47. The summed E-state index contributed by atoms with van der Waals surface area (Å²) >= 11 is 0. The monoisotopic (exact) mass is 236 g/mol. The van der Waals surface area contributed by atoms with Crippen molar-refractivity contribution in [2.45, 2.75) is 25.9 Å². The number of ketones is 1. The van der Waals surface area contributed by atoms with Crippen molar-refractivity contribution >= 4 is 11.8 Å². The number of methoxy groups -OCH3 is 1. The normalized spacial score (nSPS) is 13.9. The van der Waals surface area contributed by atoms with Crippen LogP contribution in [0.1, 0.15) is 18.1 Å². The lowest BCUT2D eigenvalue weighted by Crippen LogP contribution is -2.48. The molecule has 0 heterocycles. The number of carbonyl (C=O) groups is 2. The molecule has 0 bridgehead atoms. The smallest absolute Gasteiger partial charge is 0.346 e. The largest absolute Gasteiger partial charge is 0.467 e. The number of aliphatic hydroxyl groups is 1. The maximum absolute atomic E-state index is 11.5. The van der Waals surface area contributed by atoms with Crippen LogP contribution in [0.2, 0.25) is 0 Å². The summed E-state index contributed by atoms with van der Waals surface area (Å²) in [5, 5.41) is 10.1. The third kappa shape index (κ3) is 2.91. The summed E-state index contributed by atoms with van der Waals surface area (Å²) in [4.78, 5) is 22.9. The van der Waals surface area contributed by atoms with Crippen molar-refractivity contribution in [3.63, 3.8) is 0 Å². The van der Waals surface area contributed by atoms with Crippen molar-refractivity contribution in [2.24, 2.45) is 0 Å². The lowest BCUT2D eigenvalue weighted by Gasteiger charge is -2.22. The molecular formula is C13H16O4. The van der Waals surface area contributed by atoms with Gasteiger partial charge in [-0.25, -0.2) is 4.79 Å². The molecule has 0 aromatic heterocycles. The van der Waals surface area contributed by atoms with E-state index >= 15 is 0 Å². The second-order valence-electron chi connectivity index (χ2n) is 4.07. The first-order valence-electron chi connectivity index (χ1n) is 5.27. The molecule has 4 nitrogen and oxygen atoms in total. The topological polar surface area (TPSA) is 63.6 Å². The van der Waals surface area contributed by atoms with Crippen molar-refractivity contribution in [3.05, 3.63) is 35.4 Å². The molecule has 4 heteroatoms. The van der Waals surface area contributed by atoms with E-state index in [2.05, 4.69) is 4.74 Å². The van der Waals surface area contributed by atoms with Gasteiger partial charge in [-0.2, -0.15) is 0 Å². The molecule has 1 atom stereocenters. The highest BCUT2D eigenvalue weighted by Crippen LogP contribution is 2.17. The summed E-state index contributed by atoms with van der Waals surface area (Å²) in [6, 6.07) is 7.28. The summed E-state index contributed by atoms with van der Waals surface area (Å²) in [6.07, 6.45) is -0.0727. The minimum Gasteiger partial charge on any atom is -0.467 e. The van der Waals surface area contributed by atoms with E-state index in [1.807, 2.05) is 25.1 Å². The van der Waals surface area contributed by atoms with E-state index < -0.39 is 17.4 Å². The van der Waals surface area contributed by atoms with E-state index in [-0.39, 0.29) is 6.42 Å². The molecule has 1 N–H and O–H groups in total. The summed E-state index contributed by atoms with van der Waals surface area (Å²) in [5.74, 6) is -1.54. The Morgan fingerprint density at radius 2 is 2.06 bits per heavy atom. The maximum Gasteiger partial charge on any atom is 0.346 e. The average Bonchev–Trinajstić information content (AvgIpc) is 2.27. The standard InChI is InChI=1S/C13H16O4/c1-9-5-4-6-11(7-9)8-13(16,10(2)14)12(15)17-3/h4-7,16H,8H2,1-3H3. The van der Waals surface area contributed by atoms with E-state index in [0.29, 0.717) is 5.56 Å². The predicted octanol–water partition coefficient (Wildman–Crippen LogP) is 1.03. The van der Waals surface area contributed by atoms with E-state index in [1.165, 1.54) is 6.92 Å². The minimum atomic E-state index is -2.09. The number of hydrogen-bond acceptors (Lipinski definition) is 4. The van der Waals surface area contributed by atoms with Crippen LogP contribution in [0, 0.1) is 6.92 Å². The zero-order chi connectivity index (χ0) is 13.1. The van der Waals surface area contributed by atoms with Crippen LogP contribution >= 0.6 is 0 Å². The van der Waals surface area contributed by atoms with Gasteiger partial charge in [0.1, 0.15) is 0 Å². The number of hydrogen-bond donors (Lipinski definition) is 1. The first-order chi connectivity index (χ1) is 7.90. The SMILES string of the molecule is COC(=O)C(O)(Cc1cccc(C)c1)C(C)=O. The van der Waals surface area contributed by atoms with Crippen LogP contribution in [0.4, 0.5) is 0 Å². The first kappa shape index (κ1) is 13.4. The van der Waals surface area contributed by atoms with Crippen LogP contribution in [0.3, 0.4) is 0 Å². The molecule has 1 unspecified atom stereocenters. The molecule has 1 aromatic rings. The molecule has 1 aromatic carbocycles. The van der Waals surface area contributed by atoms with Crippen molar-refractivity contribution in [2.75, 3.05) is 7.11 Å². The van der Waals surface area contributed by atoms with Gasteiger partial charge in [0, 0.05) is 6.42 Å². The third-order valence-corrected chi connectivity index (χ3v) is 2.65. The highest BCUT2D eigenvalue weighted by atomic mass is 16.5. The highest BCUT2D eigenvalue weighted by Gasteiger charge is 2.42. The van der Waals surface area contributed by atoms with Gasteiger partial charge in [-0.3, -0.25) is 4.79 Å². The van der Waals surface area contributed by atoms with E-state index in [4.69, 9.17) is 0 Å². The van der Waals surface area contributed by atoms with Crippen molar-refractivity contribution in [1.29, 1.82) is 0 Å². The van der Waals surface area contributed by atoms with E-state index in [1.54, 1.807) is 6.07 Å². The van der Waals surface area contributed by atoms with Gasteiger partial charge in [0.15, 0.2) is 5.78 Å². The quantitative estimate of drug-likeness (QED) is 0.626. The van der Waals surface area contributed by atoms with Crippen LogP contribution in [0.15, 0.2) is 24.3 Å². The van der Waals surface area contributed by atoms with Gasteiger partial charge in [0.2, 0.25) is 5.60 Å². The maximum atomic E-state index is 11.5. The molecule has 0 aliphatic carbocycles. The highest BCUT2D eigenvalue weighted by molar-refractivity contribution is 6.06. The van der Waals surface area contributed by atoms with Crippen LogP contribution in [0.25, 0.3) is 0 Å². The Bertz CT molecular complexity index is 439. The zero-order valence-corrected chi connectivity index (χ0v) is 10.2. The van der Waals surface area contributed by atoms with E-state index in [9.17, 15) is 14.7 Å². The number of esters is 1. The Kier molecular flexibility index (Phi) is 4.02. The number of carbonyl (C=O) groups excluding carboxylic acids is 2. The summed E-state index contributed by atoms with van der Waals surface area (Å²) in [5.41, 5.74) is -0.380. The lowest BCUT2D eigenvalue weighted by atomic mass is 9.90. The minimum absolute atomic E-state index is 0.0727. The molecule has 0 amide bonds. The van der Waals surface area contributed by atoms with Crippen molar-refractivity contribution in [3.8, 4) is 0 Å². The molecule has 0 aliphatic heterocycles. The summed E-state index contributed by atoms with van der Waals surface area (Å²) in [6.45, 7) is 3.07. The van der Waals surface area contributed by atoms with Crippen LogP contribution in [-0.2, 0) is 20.7 Å². The van der Waals surface area contributed by atoms with Gasteiger partial charge >= 0.3 is 5.97 Å². The Balaban J connectivity index is 3.03. The average molecular weight is 236 g/mol. The fourth-order valence-corrected chi connectivity index (χ4v) is 1.63. The Morgan fingerprint density at radius 3 is 2.53 bits per heavy atom. The van der Waals surface area contributed by atoms with Gasteiger partial charge in [0.05, 0.1) is 7.11 Å². The predicted molar refractivity (Wildman–Crippen MR) is 62.5 cm³/mol. The number of Topliss-reactive ketones (excluding diaryl/α,β-unsaturated/α-hetero) is 1. The molecule has 1 rings (SSSR count). The Labute approximate surface area is 100 Å². The number of aryl methyl sites for hydroxylation is 1. The van der Waals surface area contributed by atoms with Crippen molar-refractivity contribution in [1.82, 2.24) is 0 Å². The molecule has 17 heavy (non-hydrogen) atoms. The number of benzene rings is 1. The number of rotatable bonds is 4. The molecular weight excluding hydrogens is 220 g/mol. The van der Waals surface area contributed by atoms with Gasteiger partial charge in [0.25, 0.3) is 0 Å².